The third kappa shape index (κ3) is 5.20. The molecule has 0 aliphatic heterocycles. The number of nitro groups is 1. The van der Waals surface area contributed by atoms with Crippen molar-refractivity contribution >= 4 is 39.9 Å². The quantitative estimate of drug-likeness (QED) is 0.358. The normalized spacial score (nSPS) is 10.5. The summed E-state index contributed by atoms with van der Waals surface area (Å²) in [6.07, 6.45) is 1.82. The van der Waals surface area contributed by atoms with Gasteiger partial charge in [0.15, 0.2) is 0 Å². The zero-order chi connectivity index (χ0) is 22.4. The fourth-order valence-electron chi connectivity index (χ4n) is 2.61. The molecule has 0 aromatic carbocycles. The highest BCUT2D eigenvalue weighted by Gasteiger charge is 2.27. The maximum atomic E-state index is 12.4. The zero-order valence-corrected chi connectivity index (χ0v) is 17.8. The van der Waals surface area contributed by atoms with Gasteiger partial charge in [-0.25, -0.2) is 9.59 Å². The van der Waals surface area contributed by atoms with Crippen molar-refractivity contribution in [3.05, 3.63) is 38.0 Å². The van der Waals surface area contributed by atoms with Gasteiger partial charge >= 0.3 is 17.6 Å². The first-order valence-electron chi connectivity index (χ1n) is 9.06. The van der Waals surface area contributed by atoms with Gasteiger partial charge in [0.25, 0.3) is 0 Å². The van der Waals surface area contributed by atoms with Crippen LogP contribution in [0.2, 0.25) is 0 Å². The first kappa shape index (κ1) is 23.0. The number of thiophene rings is 1. The Balaban J connectivity index is 2.18. The van der Waals surface area contributed by atoms with Crippen molar-refractivity contribution in [3.8, 4) is 0 Å². The molecule has 11 nitrogen and oxygen atoms in total. The lowest BCUT2D eigenvalue weighted by Crippen LogP contribution is -2.17. The van der Waals surface area contributed by atoms with E-state index in [1.54, 1.807) is 6.92 Å². The van der Waals surface area contributed by atoms with Crippen LogP contribution in [0.3, 0.4) is 0 Å². The Morgan fingerprint density at radius 1 is 1.30 bits per heavy atom. The summed E-state index contributed by atoms with van der Waals surface area (Å²) in [6.45, 7) is 5.23. The molecule has 2 rings (SSSR count). The van der Waals surface area contributed by atoms with E-state index in [1.165, 1.54) is 24.9 Å². The number of hydrogen-bond acceptors (Lipinski definition) is 9. The van der Waals surface area contributed by atoms with Gasteiger partial charge in [-0.3, -0.25) is 19.6 Å². The van der Waals surface area contributed by atoms with Crippen molar-refractivity contribution in [3.63, 3.8) is 0 Å². The molecule has 1 amide bonds. The van der Waals surface area contributed by atoms with Crippen molar-refractivity contribution in [2.75, 3.05) is 19.0 Å². The highest BCUT2D eigenvalue weighted by atomic mass is 32.1. The van der Waals surface area contributed by atoms with E-state index in [2.05, 4.69) is 10.4 Å². The molecule has 0 saturated heterocycles. The van der Waals surface area contributed by atoms with Crippen LogP contribution in [-0.2, 0) is 20.8 Å². The summed E-state index contributed by atoms with van der Waals surface area (Å²) in [5, 5.41) is 17.7. The molecule has 2 aromatic heterocycles. The molecule has 0 spiro atoms. The van der Waals surface area contributed by atoms with Crippen molar-refractivity contribution in [2.45, 2.75) is 40.2 Å². The zero-order valence-electron chi connectivity index (χ0n) is 17.0. The first-order valence-corrected chi connectivity index (χ1v) is 9.88. The Hall–Kier alpha value is -3.28. The topological polar surface area (TPSA) is 143 Å². The summed E-state index contributed by atoms with van der Waals surface area (Å²) >= 11 is 0.922. The second-order valence-corrected chi connectivity index (χ2v) is 7.33. The van der Waals surface area contributed by atoms with Gasteiger partial charge in [0.2, 0.25) is 5.91 Å². The van der Waals surface area contributed by atoms with E-state index < -0.39 is 22.8 Å². The van der Waals surface area contributed by atoms with Crippen LogP contribution < -0.4 is 5.32 Å². The SMILES string of the molecule is CCCOC(=O)c1c(NC(=O)CCn2cc([N+](=O)[O-])c(C)n2)sc(C(=O)OC)c1C. The molecule has 2 aromatic rings. The summed E-state index contributed by atoms with van der Waals surface area (Å²) in [5.41, 5.74) is 0.584. The number of aryl methyl sites for hydroxylation is 2. The number of methoxy groups -OCH3 is 1. The number of amides is 1. The Labute approximate surface area is 176 Å². The third-order valence-corrected chi connectivity index (χ3v) is 5.28. The standard InChI is InChI=1S/C18H22N4O7S/c1-5-8-29-17(24)14-10(2)15(18(25)28-4)30-16(14)19-13(23)6-7-21-9-12(22(26)27)11(3)20-21/h9H,5-8H2,1-4H3,(H,19,23). The lowest BCUT2D eigenvalue weighted by atomic mass is 10.1. The maximum Gasteiger partial charge on any atom is 0.348 e. The number of nitrogens with one attached hydrogen (secondary N) is 1. The average molecular weight is 438 g/mol. The molecule has 30 heavy (non-hydrogen) atoms. The number of hydrogen-bond donors (Lipinski definition) is 1. The second-order valence-electron chi connectivity index (χ2n) is 6.31. The average Bonchev–Trinajstić information content (AvgIpc) is 3.23. The van der Waals surface area contributed by atoms with Crippen LogP contribution in [0.4, 0.5) is 10.7 Å². The summed E-state index contributed by atoms with van der Waals surface area (Å²) in [6, 6.07) is 0. The molecular formula is C18H22N4O7S. The monoisotopic (exact) mass is 438 g/mol. The summed E-state index contributed by atoms with van der Waals surface area (Å²) < 4.78 is 11.2. The minimum absolute atomic E-state index is 0.0494. The summed E-state index contributed by atoms with van der Waals surface area (Å²) in [7, 11) is 1.22. The first-order chi connectivity index (χ1) is 14.2. The summed E-state index contributed by atoms with van der Waals surface area (Å²) in [4.78, 5) is 47.4. The van der Waals surface area contributed by atoms with Crippen molar-refractivity contribution in [1.82, 2.24) is 9.78 Å². The number of esters is 2. The highest BCUT2D eigenvalue weighted by molar-refractivity contribution is 7.18. The minimum Gasteiger partial charge on any atom is -0.465 e. The smallest absolute Gasteiger partial charge is 0.348 e. The molecule has 162 valence electrons. The highest BCUT2D eigenvalue weighted by Crippen LogP contribution is 2.34. The van der Waals surface area contributed by atoms with E-state index in [-0.39, 0.29) is 46.4 Å². The molecular weight excluding hydrogens is 416 g/mol. The van der Waals surface area contributed by atoms with Gasteiger partial charge in [-0.1, -0.05) is 6.92 Å². The molecule has 0 aliphatic carbocycles. The number of ether oxygens (including phenoxy) is 2. The molecule has 0 radical (unpaired) electrons. The van der Waals surface area contributed by atoms with Crippen LogP contribution in [0, 0.1) is 24.0 Å². The number of nitrogens with zero attached hydrogens (tertiary/aromatic N) is 3. The van der Waals surface area contributed by atoms with Gasteiger partial charge < -0.3 is 14.8 Å². The van der Waals surface area contributed by atoms with Crippen molar-refractivity contribution in [2.24, 2.45) is 0 Å². The van der Waals surface area contributed by atoms with Gasteiger partial charge in [0, 0.05) is 13.0 Å². The lowest BCUT2D eigenvalue weighted by Gasteiger charge is -2.08. The number of carbonyl (C=O) groups is 3. The van der Waals surface area contributed by atoms with E-state index in [1.807, 2.05) is 6.92 Å². The molecule has 0 atom stereocenters. The lowest BCUT2D eigenvalue weighted by molar-refractivity contribution is -0.385. The van der Waals surface area contributed by atoms with Crippen LogP contribution in [0.25, 0.3) is 0 Å². The van der Waals surface area contributed by atoms with Gasteiger partial charge in [-0.2, -0.15) is 5.10 Å². The van der Waals surface area contributed by atoms with E-state index in [0.29, 0.717) is 12.0 Å². The Morgan fingerprint density at radius 2 is 2.00 bits per heavy atom. The predicted molar refractivity (Wildman–Crippen MR) is 108 cm³/mol. The molecule has 2 heterocycles. The molecule has 0 aliphatic rings. The van der Waals surface area contributed by atoms with Gasteiger partial charge in [-0.15, -0.1) is 11.3 Å². The van der Waals surface area contributed by atoms with Gasteiger partial charge in [0.1, 0.15) is 21.8 Å². The van der Waals surface area contributed by atoms with Gasteiger partial charge in [0.05, 0.1) is 24.2 Å². The molecule has 0 saturated carbocycles. The van der Waals surface area contributed by atoms with Gasteiger partial charge in [-0.05, 0) is 25.8 Å². The largest absolute Gasteiger partial charge is 0.465 e. The number of carbonyl (C=O) groups excluding carboxylic acids is 3. The Bertz CT molecular complexity index is 980. The van der Waals surface area contributed by atoms with Crippen molar-refractivity contribution < 1.29 is 28.8 Å². The summed E-state index contributed by atoms with van der Waals surface area (Å²) in [5.74, 6) is -1.72. The molecule has 0 unspecified atom stereocenters. The Morgan fingerprint density at radius 3 is 2.57 bits per heavy atom. The molecule has 12 heteroatoms. The molecule has 1 N–H and O–H groups in total. The minimum atomic E-state index is -0.644. The Kier molecular flexibility index (Phi) is 7.64. The fourth-order valence-corrected chi connectivity index (χ4v) is 3.74. The van der Waals surface area contributed by atoms with Crippen LogP contribution in [0.15, 0.2) is 6.20 Å². The molecule has 0 bridgehead atoms. The molecule has 0 fully saturated rings. The predicted octanol–water partition coefficient (Wildman–Crippen LogP) is 2.85. The van der Waals surface area contributed by atoms with Crippen LogP contribution >= 0.6 is 11.3 Å². The van der Waals surface area contributed by atoms with Crippen LogP contribution in [-0.4, -0.2) is 46.3 Å². The third-order valence-electron chi connectivity index (χ3n) is 4.10. The fraction of sp³-hybridized carbons (Fsp3) is 0.444. The number of aromatic nitrogens is 2. The number of rotatable bonds is 9. The van der Waals surface area contributed by atoms with E-state index >= 15 is 0 Å². The van der Waals surface area contributed by atoms with E-state index in [4.69, 9.17) is 9.47 Å². The van der Waals surface area contributed by atoms with Crippen LogP contribution in [0.5, 0.6) is 0 Å². The van der Waals surface area contributed by atoms with Crippen LogP contribution in [0.1, 0.15) is 51.1 Å². The second kappa shape index (κ2) is 9.96. The maximum absolute atomic E-state index is 12.4. The number of anilines is 1. The van der Waals surface area contributed by atoms with Crippen molar-refractivity contribution in [1.29, 1.82) is 0 Å². The van der Waals surface area contributed by atoms with E-state index in [9.17, 15) is 24.5 Å². The van der Waals surface area contributed by atoms with E-state index in [0.717, 1.165) is 11.3 Å².